The van der Waals surface area contributed by atoms with Gasteiger partial charge in [0.2, 0.25) is 0 Å². The van der Waals surface area contributed by atoms with Crippen molar-refractivity contribution in [3.63, 3.8) is 0 Å². The van der Waals surface area contributed by atoms with Crippen molar-refractivity contribution in [2.75, 3.05) is 0 Å². The Kier molecular flexibility index (Phi) is 2.46. The molecule has 0 saturated carbocycles. The van der Waals surface area contributed by atoms with Crippen LogP contribution in [0.15, 0.2) is 22.7 Å². The van der Waals surface area contributed by atoms with Gasteiger partial charge in [0.15, 0.2) is 0 Å². The van der Waals surface area contributed by atoms with Gasteiger partial charge in [-0.3, -0.25) is 0 Å². The molecule has 0 nitrogen and oxygen atoms in total. The van der Waals surface area contributed by atoms with E-state index in [1.165, 1.54) is 17.3 Å². The van der Waals surface area contributed by atoms with Crippen LogP contribution in [0.1, 0.15) is 25.0 Å². The van der Waals surface area contributed by atoms with E-state index in [0.717, 1.165) is 11.8 Å². The summed E-state index contributed by atoms with van der Waals surface area (Å²) in [6.07, 6.45) is 2.53. The van der Waals surface area contributed by atoms with E-state index in [1.54, 1.807) is 11.1 Å². The summed E-state index contributed by atoms with van der Waals surface area (Å²) >= 11 is 3.62. The van der Waals surface area contributed by atoms with Crippen LogP contribution in [0.4, 0.5) is 0 Å². The molecule has 13 heavy (non-hydrogen) atoms. The van der Waals surface area contributed by atoms with Gasteiger partial charge in [-0.1, -0.05) is 41.9 Å². The summed E-state index contributed by atoms with van der Waals surface area (Å²) in [6, 6.07) is 6.57. The third-order valence-corrected chi connectivity index (χ3v) is 3.85. The Labute approximate surface area is 88.5 Å². The number of benzene rings is 1. The van der Waals surface area contributed by atoms with Gasteiger partial charge in [-0.25, -0.2) is 0 Å². The predicted octanol–water partition coefficient (Wildman–Crippen LogP) is 3.82. The highest BCUT2D eigenvalue weighted by Gasteiger charge is 2.24. The summed E-state index contributed by atoms with van der Waals surface area (Å²) in [7, 11) is 0. The van der Waals surface area contributed by atoms with E-state index in [0.29, 0.717) is 0 Å². The first-order valence-electron chi connectivity index (χ1n) is 4.94. The maximum Gasteiger partial charge on any atom is 0.0210 e. The summed E-state index contributed by atoms with van der Waals surface area (Å²) in [4.78, 5) is 0. The third-order valence-electron chi connectivity index (χ3n) is 3.11. The van der Waals surface area contributed by atoms with E-state index < -0.39 is 0 Å². The van der Waals surface area contributed by atoms with Gasteiger partial charge >= 0.3 is 0 Å². The Bertz CT molecular complexity index is 315. The molecule has 1 heteroatoms. The van der Waals surface area contributed by atoms with Gasteiger partial charge in [-0.15, -0.1) is 0 Å². The Morgan fingerprint density at radius 3 is 2.69 bits per heavy atom. The van der Waals surface area contributed by atoms with E-state index in [4.69, 9.17) is 0 Å². The first-order chi connectivity index (χ1) is 6.18. The Morgan fingerprint density at radius 2 is 2.08 bits per heavy atom. The van der Waals surface area contributed by atoms with E-state index in [2.05, 4.69) is 48.0 Å². The lowest BCUT2D eigenvalue weighted by Gasteiger charge is -2.12. The monoisotopic (exact) mass is 238 g/mol. The Morgan fingerprint density at radius 1 is 1.31 bits per heavy atom. The largest absolute Gasteiger partial charge is 0.0625 e. The fourth-order valence-corrected chi connectivity index (χ4v) is 2.68. The standard InChI is InChI=1S/C12H15Br/c1-8(2)10-6-9-4-3-5-12(13)11(9)7-10/h3-5,8,10H,6-7H2,1-2H3/t10-/m0/s1. The molecule has 1 atom stereocenters. The van der Waals surface area contributed by atoms with Crippen molar-refractivity contribution in [1.29, 1.82) is 0 Å². The summed E-state index contributed by atoms with van der Waals surface area (Å²) < 4.78 is 1.30. The molecule has 2 rings (SSSR count). The van der Waals surface area contributed by atoms with Crippen LogP contribution in [0.2, 0.25) is 0 Å². The van der Waals surface area contributed by atoms with Crippen molar-refractivity contribution in [1.82, 2.24) is 0 Å². The summed E-state index contributed by atoms with van der Waals surface area (Å²) in [5.74, 6) is 1.66. The van der Waals surface area contributed by atoms with Crippen molar-refractivity contribution in [2.45, 2.75) is 26.7 Å². The number of hydrogen-bond acceptors (Lipinski definition) is 0. The average molecular weight is 239 g/mol. The smallest absolute Gasteiger partial charge is 0.0210 e. The molecule has 0 bridgehead atoms. The molecule has 0 radical (unpaired) electrons. The van der Waals surface area contributed by atoms with Crippen LogP contribution in [0, 0.1) is 11.8 Å². The van der Waals surface area contributed by atoms with Gasteiger partial charge in [0.25, 0.3) is 0 Å². The quantitative estimate of drug-likeness (QED) is 0.698. The maximum absolute atomic E-state index is 3.62. The zero-order valence-electron chi connectivity index (χ0n) is 8.18. The molecule has 0 aliphatic heterocycles. The normalized spacial score (nSPS) is 20.8. The lowest BCUT2D eigenvalue weighted by atomic mass is 9.93. The number of hydrogen-bond donors (Lipinski definition) is 0. The van der Waals surface area contributed by atoms with Crippen LogP contribution >= 0.6 is 15.9 Å². The molecule has 1 aliphatic carbocycles. The SMILES string of the molecule is CC(C)[C@H]1Cc2cccc(Br)c2C1. The topological polar surface area (TPSA) is 0 Å². The fourth-order valence-electron chi connectivity index (χ4n) is 2.11. The second-order valence-electron chi connectivity index (χ2n) is 4.29. The molecule has 0 unspecified atom stereocenters. The second kappa shape index (κ2) is 3.45. The van der Waals surface area contributed by atoms with Crippen LogP contribution in [0.25, 0.3) is 0 Å². The van der Waals surface area contributed by atoms with Gasteiger partial charge in [0.1, 0.15) is 0 Å². The molecule has 70 valence electrons. The van der Waals surface area contributed by atoms with Crippen molar-refractivity contribution in [2.24, 2.45) is 11.8 Å². The van der Waals surface area contributed by atoms with Crippen LogP contribution in [0.3, 0.4) is 0 Å². The summed E-state index contributed by atoms with van der Waals surface area (Å²) in [5.41, 5.74) is 3.09. The van der Waals surface area contributed by atoms with Crippen molar-refractivity contribution in [3.8, 4) is 0 Å². The summed E-state index contributed by atoms with van der Waals surface area (Å²) in [6.45, 7) is 4.65. The Hall–Kier alpha value is -0.300. The van der Waals surface area contributed by atoms with Gasteiger partial charge in [-0.2, -0.15) is 0 Å². The first-order valence-corrected chi connectivity index (χ1v) is 5.74. The van der Waals surface area contributed by atoms with E-state index in [9.17, 15) is 0 Å². The van der Waals surface area contributed by atoms with Crippen LogP contribution in [-0.4, -0.2) is 0 Å². The van der Waals surface area contributed by atoms with Gasteiger partial charge < -0.3 is 0 Å². The van der Waals surface area contributed by atoms with E-state index in [-0.39, 0.29) is 0 Å². The van der Waals surface area contributed by atoms with E-state index in [1.807, 2.05) is 0 Å². The molecular formula is C12H15Br. The summed E-state index contributed by atoms with van der Waals surface area (Å²) in [5, 5.41) is 0. The molecule has 1 aromatic rings. The minimum atomic E-state index is 0.805. The highest BCUT2D eigenvalue weighted by Crippen LogP contribution is 2.35. The van der Waals surface area contributed by atoms with Gasteiger partial charge in [0.05, 0.1) is 0 Å². The van der Waals surface area contributed by atoms with Gasteiger partial charge in [-0.05, 0) is 41.9 Å². The lowest BCUT2D eigenvalue weighted by molar-refractivity contribution is 0.404. The average Bonchev–Trinajstić information content (AvgIpc) is 2.49. The number of fused-ring (bicyclic) bond motifs is 1. The molecule has 1 aliphatic rings. The van der Waals surface area contributed by atoms with Gasteiger partial charge in [0, 0.05) is 4.47 Å². The van der Waals surface area contributed by atoms with Crippen molar-refractivity contribution >= 4 is 15.9 Å². The molecule has 0 saturated heterocycles. The fraction of sp³-hybridized carbons (Fsp3) is 0.500. The molecule has 0 fully saturated rings. The Balaban J connectivity index is 2.30. The lowest BCUT2D eigenvalue weighted by Crippen LogP contribution is -2.07. The van der Waals surface area contributed by atoms with E-state index >= 15 is 0 Å². The zero-order chi connectivity index (χ0) is 9.42. The third kappa shape index (κ3) is 1.67. The molecule has 1 aromatic carbocycles. The number of rotatable bonds is 1. The van der Waals surface area contributed by atoms with Crippen molar-refractivity contribution < 1.29 is 0 Å². The molecule has 0 heterocycles. The molecule has 0 N–H and O–H groups in total. The minimum absolute atomic E-state index is 0.805. The molecule has 0 spiro atoms. The second-order valence-corrected chi connectivity index (χ2v) is 5.14. The van der Waals surface area contributed by atoms with Crippen molar-refractivity contribution in [3.05, 3.63) is 33.8 Å². The minimum Gasteiger partial charge on any atom is -0.0625 e. The number of halogens is 1. The molecular weight excluding hydrogens is 224 g/mol. The first kappa shape index (κ1) is 9.26. The highest BCUT2D eigenvalue weighted by atomic mass is 79.9. The van der Waals surface area contributed by atoms with Crippen LogP contribution < -0.4 is 0 Å². The molecule has 0 amide bonds. The van der Waals surface area contributed by atoms with Crippen LogP contribution in [-0.2, 0) is 12.8 Å². The predicted molar refractivity (Wildman–Crippen MR) is 59.9 cm³/mol. The van der Waals surface area contributed by atoms with Crippen LogP contribution in [0.5, 0.6) is 0 Å². The zero-order valence-corrected chi connectivity index (χ0v) is 9.76. The molecule has 0 aromatic heterocycles. The maximum atomic E-state index is 3.62. The highest BCUT2D eigenvalue weighted by molar-refractivity contribution is 9.10.